The van der Waals surface area contributed by atoms with E-state index in [0.29, 0.717) is 0 Å². The summed E-state index contributed by atoms with van der Waals surface area (Å²) in [6, 6.07) is 0. The summed E-state index contributed by atoms with van der Waals surface area (Å²) in [5.74, 6) is 0. The van der Waals surface area contributed by atoms with Crippen molar-refractivity contribution in [1.82, 2.24) is 0 Å². The smallest absolute Gasteiger partial charge is 0.145 e. The molecule has 0 aromatic heterocycles. The fourth-order valence-electron chi connectivity index (χ4n) is 0.942. The maximum absolute atomic E-state index is 4.65. The Balaban J connectivity index is 2.58. The van der Waals surface area contributed by atoms with E-state index in [1.54, 1.807) is 12.2 Å². The van der Waals surface area contributed by atoms with E-state index in [2.05, 4.69) is 15.0 Å². The average Bonchev–Trinajstić information content (AvgIpc) is 2.39. The molecular weight excluding hydrogens is 226 g/mol. The maximum Gasteiger partial charge on any atom is 0.145 e. The van der Waals surface area contributed by atoms with E-state index >= 15 is 0 Å². The van der Waals surface area contributed by atoms with Gasteiger partial charge in [0.15, 0.2) is 0 Å². The van der Waals surface area contributed by atoms with Crippen LogP contribution >= 0.6 is 0 Å². The lowest BCUT2D eigenvalue weighted by Crippen LogP contribution is -1.77. The van der Waals surface area contributed by atoms with Gasteiger partial charge in [-0.05, 0) is 17.3 Å². The van der Waals surface area contributed by atoms with Crippen molar-refractivity contribution >= 4 is 6.21 Å². The van der Waals surface area contributed by atoms with Gasteiger partial charge in [-0.3, -0.25) is 4.89 Å². The molecule has 0 unspecified atom stereocenters. The molecule has 3 nitrogen and oxygen atoms in total. The molecule has 0 aromatic rings. The van der Waals surface area contributed by atoms with Gasteiger partial charge in [0.2, 0.25) is 0 Å². The topological polar surface area (TPSA) is 30.8 Å². The van der Waals surface area contributed by atoms with Crippen molar-refractivity contribution in [2.75, 3.05) is 0 Å². The molecule has 0 fully saturated rings. The molecule has 1 rings (SSSR count). The lowest BCUT2D eigenvalue weighted by atomic mass is 10.3. The molecule has 0 bridgehead atoms. The molecule has 0 atom stereocenters. The van der Waals surface area contributed by atoms with Gasteiger partial charge >= 0.3 is 0 Å². The van der Waals surface area contributed by atoms with Gasteiger partial charge in [0.1, 0.15) is 6.26 Å². The second-order valence-corrected chi connectivity index (χ2v) is 3.06. The normalized spacial score (nSPS) is 30.2. The molecule has 0 aromatic carbocycles. The van der Waals surface area contributed by atoms with Crippen LogP contribution in [0.5, 0.6) is 0 Å². The van der Waals surface area contributed by atoms with E-state index < -0.39 is 0 Å². The predicted molar refractivity (Wildman–Crippen MR) is 74.6 cm³/mol. The number of hydrogen-bond acceptors (Lipinski definition) is 3. The van der Waals surface area contributed by atoms with Crippen LogP contribution in [-0.4, -0.2) is 6.21 Å². The van der Waals surface area contributed by atoms with Crippen LogP contribution in [0, 0.1) is 0 Å². The number of nitrogens with zero attached hydrogens (tertiary/aromatic N) is 1. The van der Waals surface area contributed by atoms with Gasteiger partial charge in [-0.25, -0.2) is 0 Å². The number of hydrogen-bond donors (Lipinski definition) is 0. The van der Waals surface area contributed by atoms with Crippen molar-refractivity contribution in [3.8, 4) is 0 Å². The molecule has 1 aliphatic heterocycles. The van der Waals surface area contributed by atoms with Crippen LogP contribution in [0.25, 0.3) is 0 Å². The molecule has 0 saturated carbocycles. The van der Waals surface area contributed by atoms with Gasteiger partial charge in [0.05, 0.1) is 6.21 Å². The summed E-state index contributed by atoms with van der Waals surface area (Å²) in [4.78, 5) is 9.16. The molecule has 92 valence electrons. The van der Waals surface area contributed by atoms with E-state index in [9.17, 15) is 0 Å². The Morgan fingerprint density at radius 2 is 0.944 bits per heavy atom. The Hall–Kier alpha value is -2.55. The monoisotopic (exact) mass is 241 g/mol. The standard InChI is InChI=1S/C15H15NO2/c1-2-4-6-8-10-12-14-16-18-17-15-13-11-9-7-5-3-1/h1-15H/b3-1+,4-2-,7-5-,8-6+,11-9-,12-10+,15-13+,16-14-. The SMILES string of the molecule is C1=C\C=C\C=C/C=C/C=C/C=N\OO\C=C\C=C/1. The molecule has 0 radical (unpaired) electrons. The van der Waals surface area contributed by atoms with Crippen molar-refractivity contribution in [1.29, 1.82) is 0 Å². The Bertz CT molecular complexity index is 393. The quantitative estimate of drug-likeness (QED) is 0.604. The lowest BCUT2D eigenvalue weighted by Gasteiger charge is -1.88. The molecule has 0 spiro atoms. The zero-order valence-corrected chi connectivity index (χ0v) is 9.92. The molecule has 0 saturated heterocycles. The highest BCUT2D eigenvalue weighted by atomic mass is 17.3. The van der Waals surface area contributed by atoms with Gasteiger partial charge in [0, 0.05) is 0 Å². The Morgan fingerprint density at radius 3 is 1.50 bits per heavy atom. The average molecular weight is 241 g/mol. The van der Waals surface area contributed by atoms with Crippen LogP contribution in [0.4, 0.5) is 0 Å². The number of oxime groups is 1. The largest absolute Gasteiger partial charge is 0.276 e. The van der Waals surface area contributed by atoms with E-state index in [0.717, 1.165) is 0 Å². The summed E-state index contributed by atoms with van der Waals surface area (Å²) >= 11 is 0. The molecule has 0 N–H and O–H groups in total. The molecule has 1 heterocycles. The van der Waals surface area contributed by atoms with Crippen molar-refractivity contribution in [2.45, 2.75) is 0 Å². The van der Waals surface area contributed by atoms with Crippen molar-refractivity contribution in [3.05, 3.63) is 85.3 Å². The van der Waals surface area contributed by atoms with Crippen molar-refractivity contribution in [2.24, 2.45) is 5.16 Å². The van der Waals surface area contributed by atoms with Crippen LogP contribution < -0.4 is 0 Å². The van der Waals surface area contributed by atoms with Crippen LogP contribution in [0.1, 0.15) is 0 Å². The van der Waals surface area contributed by atoms with Crippen LogP contribution in [-0.2, 0) is 9.88 Å². The summed E-state index contributed by atoms with van der Waals surface area (Å²) < 4.78 is 0. The van der Waals surface area contributed by atoms with Gasteiger partial charge in [-0.2, -0.15) is 4.99 Å². The van der Waals surface area contributed by atoms with E-state index in [-0.39, 0.29) is 0 Å². The third kappa shape index (κ3) is 8.73. The predicted octanol–water partition coefficient (Wildman–Crippen LogP) is 3.78. The third-order valence-corrected chi connectivity index (χ3v) is 1.70. The minimum atomic E-state index is 1.40. The summed E-state index contributed by atoms with van der Waals surface area (Å²) in [5, 5.41) is 3.55. The fraction of sp³-hybridized carbons (Fsp3) is 0. The first-order chi connectivity index (χ1) is 9.00. The van der Waals surface area contributed by atoms with Crippen molar-refractivity contribution < 1.29 is 9.88 Å². The van der Waals surface area contributed by atoms with E-state index in [1.807, 2.05) is 66.8 Å². The Morgan fingerprint density at radius 1 is 0.500 bits per heavy atom. The van der Waals surface area contributed by atoms with Gasteiger partial charge in [0.25, 0.3) is 0 Å². The second kappa shape index (κ2) is 11.0. The Labute approximate surface area is 107 Å². The molecule has 3 heteroatoms. The molecule has 0 amide bonds. The highest BCUT2D eigenvalue weighted by molar-refractivity contribution is 5.70. The minimum absolute atomic E-state index is 1.40. The van der Waals surface area contributed by atoms with Gasteiger partial charge in [-0.1, -0.05) is 66.8 Å². The van der Waals surface area contributed by atoms with Crippen LogP contribution in [0.15, 0.2) is 90.4 Å². The van der Waals surface area contributed by atoms with Crippen LogP contribution in [0.3, 0.4) is 0 Å². The second-order valence-electron chi connectivity index (χ2n) is 3.06. The summed E-state index contributed by atoms with van der Waals surface area (Å²) in [5.41, 5.74) is 0. The first-order valence-electron chi connectivity index (χ1n) is 5.51. The van der Waals surface area contributed by atoms with E-state index in [1.165, 1.54) is 12.5 Å². The summed E-state index contributed by atoms with van der Waals surface area (Å²) in [6.07, 6.45) is 27.3. The van der Waals surface area contributed by atoms with Gasteiger partial charge < -0.3 is 0 Å². The zero-order chi connectivity index (χ0) is 12.7. The van der Waals surface area contributed by atoms with Gasteiger partial charge in [-0.15, -0.1) is 0 Å². The van der Waals surface area contributed by atoms with Crippen LogP contribution in [0.2, 0.25) is 0 Å². The highest BCUT2D eigenvalue weighted by Gasteiger charge is 1.72. The first-order valence-corrected chi connectivity index (χ1v) is 5.51. The third-order valence-electron chi connectivity index (χ3n) is 1.70. The minimum Gasteiger partial charge on any atom is -0.276 e. The highest BCUT2D eigenvalue weighted by Crippen LogP contribution is 1.87. The lowest BCUT2D eigenvalue weighted by molar-refractivity contribution is -0.248. The van der Waals surface area contributed by atoms with Crippen molar-refractivity contribution in [3.63, 3.8) is 0 Å². The Kier molecular flexibility index (Phi) is 8.22. The zero-order valence-electron chi connectivity index (χ0n) is 9.92. The molecule has 1 aliphatic rings. The molecule has 0 aliphatic carbocycles. The summed E-state index contributed by atoms with van der Waals surface area (Å²) in [7, 11) is 0. The number of rotatable bonds is 0. The molecular formula is C15H15NO2. The first kappa shape index (κ1) is 13.5. The van der Waals surface area contributed by atoms with E-state index in [4.69, 9.17) is 0 Å². The summed E-state index contributed by atoms with van der Waals surface area (Å²) in [6.45, 7) is 0. The maximum atomic E-state index is 4.65. The number of allylic oxidation sites excluding steroid dienone is 13. The molecule has 18 heavy (non-hydrogen) atoms. The fourth-order valence-corrected chi connectivity index (χ4v) is 0.942.